The number of hydrogen-bond acceptors (Lipinski definition) is 4. The van der Waals surface area contributed by atoms with E-state index >= 15 is 0 Å². The highest BCUT2D eigenvalue weighted by molar-refractivity contribution is 5.30. The Labute approximate surface area is 127 Å². The fourth-order valence-electron chi connectivity index (χ4n) is 3.15. The average molecular weight is 290 g/mol. The Bertz CT molecular complexity index is 445. The molecule has 3 rings (SSSR count). The van der Waals surface area contributed by atoms with E-state index in [1.165, 1.54) is 18.4 Å². The fourth-order valence-corrected chi connectivity index (χ4v) is 3.15. The number of nitrogens with zero attached hydrogens (tertiary/aromatic N) is 1. The summed E-state index contributed by atoms with van der Waals surface area (Å²) in [5.41, 5.74) is 7.23. The van der Waals surface area contributed by atoms with Gasteiger partial charge in [0.1, 0.15) is 5.75 Å². The highest BCUT2D eigenvalue weighted by Gasteiger charge is 2.40. The van der Waals surface area contributed by atoms with Crippen molar-refractivity contribution in [1.82, 2.24) is 4.90 Å². The number of hydrogen-bond donors (Lipinski definition) is 1. The third kappa shape index (κ3) is 3.39. The van der Waals surface area contributed by atoms with Crippen LogP contribution in [0.2, 0.25) is 0 Å². The van der Waals surface area contributed by atoms with Crippen molar-refractivity contribution in [1.29, 1.82) is 0 Å². The quantitative estimate of drug-likeness (QED) is 0.873. The lowest BCUT2D eigenvalue weighted by Gasteiger charge is -2.41. The van der Waals surface area contributed by atoms with Gasteiger partial charge in [0.05, 0.1) is 25.4 Å². The van der Waals surface area contributed by atoms with Gasteiger partial charge in [-0.25, -0.2) is 0 Å². The van der Waals surface area contributed by atoms with E-state index in [4.69, 9.17) is 15.2 Å². The van der Waals surface area contributed by atoms with Gasteiger partial charge < -0.3 is 15.2 Å². The van der Waals surface area contributed by atoms with Crippen LogP contribution in [0.3, 0.4) is 0 Å². The van der Waals surface area contributed by atoms with Gasteiger partial charge >= 0.3 is 0 Å². The van der Waals surface area contributed by atoms with Gasteiger partial charge in [0.15, 0.2) is 0 Å². The molecule has 0 spiro atoms. The van der Waals surface area contributed by atoms with E-state index in [9.17, 15) is 0 Å². The molecule has 4 nitrogen and oxygen atoms in total. The van der Waals surface area contributed by atoms with E-state index in [1.54, 1.807) is 0 Å². The Morgan fingerprint density at radius 1 is 1.29 bits per heavy atom. The first-order valence-electron chi connectivity index (χ1n) is 8.13. The van der Waals surface area contributed by atoms with Gasteiger partial charge in [-0.15, -0.1) is 0 Å². The summed E-state index contributed by atoms with van der Waals surface area (Å²) in [7, 11) is 0. The molecule has 2 N–H and O–H groups in total. The van der Waals surface area contributed by atoms with E-state index in [-0.39, 0.29) is 12.1 Å². The standard InChI is InChI=1S/C17H26N2O2/c1-2-10-20-15-7-3-13(4-8-15)17-16(12-18)21-11-9-19(17)14-5-6-14/h3-4,7-8,14,16-17H,2,5-6,9-12,18H2,1H3. The van der Waals surface area contributed by atoms with Crippen molar-refractivity contribution in [2.45, 2.75) is 44.4 Å². The first-order valence-corrected chi connectivity index (χ1v) is 8.13. The van der Waals surface area contributed by atoms with Crippen LogP contribution >= 0.6 is 0 Å². The Morgan fingerprint density at radius 3 is 2.67 bits per heavy atom. The molecule has 2 fully saturated rings. The predicted molar refractivity (Wildman–Crippen MR) is 83.5 cm³/mol. The molecule has 0 bridgehead atoms. The van der Waals surface area contributed by atoms with Crippen molar-refractivity contribution in [3.05, 3.63) is 29.8 Å². The van der Waals surface area contributed by atoms with Crippen molar-refractivity contribution in [2.75, 3.05) is 26.3 Å². The molecule has 1 aromatic rings. The van der Waals surface area contributed by atoms with Gasteiger partial charge in [-0.2, -0.15) is 0 Å². The zero-order valence-corrected chi connectivity index (χ0v) is 12.8. The third-order valence-corrected chi connectivity index (χ3v) is 4.33. The Morgan fingerprint density at radius 2 is 2.05 bits per heavy atom. The number of benzene rings is 1. The summed E-state index contributed by atoms with van der Waals surface area (Å²) < 4.78 is 11.6. The maximum Gasteiger partial charge on any atom is 0.119 e. The zero-order valence-electron chi connectivity index (χ0n) is 12.8. The summed E-state index contributed by atoms with van der Waals surface area (Å²) in [6, 6.07) is 9.49. The van der Waals surface area contributed by atoms with Crippen LogP contribution in [-0.2, 0) is 4.74 Å². The monoisotopic (exact) mass is 290 g/mol. The normalized spacial score (nSPS) is 26.8. The largest absolute Gasteiger partial charge is 0.494 e. The minimum Gasteiger partial charge on any atom is -0.494 e. The van der Waals surface area contributed by atoms with Gasteiger partial charge in [0.25, 0.3) is 0 Å². The van der Waals surface area contributed by atoms with Gasteiger partial charge in [0.2, 0.25) is 0 Å². The maximum absolute atomic E-state index is 5.93. The van der Waals surface area contributed by atoms with Crippen LogP contribution in [0.4, 0.5) is 0 Å². The van der Waals surface area contributed by atoms with Crippen LogP contribution in [-0.4, -0.2) is 43.3 Å². The van der Waals surface area contributed by atoms with Gasteiger partial charge in [-0.3, -0.25) is 4.90 Å². The highest BCUT2D eigenvalue weighted by atomic mass is 16.5. The summed E-state index contributed by atoms with van der Waals surface area (Å²) in [6.07, 6.45) is 3.75. The third-order valence-electron chi connectivity index (χ3n) is 4.33. The van der Waals surface area contributed by atoms with Crippen molar-refractivity contribution < 1.29 is 9.47 Å². The number of nitrogens with two attached hydrogens (primary N) is 1. The molecule has 2 atom stereocenters. The summed E-state index contributed by atoms with van der Waals surface area (Å²) in [5.74, 6) is 0.944. The van der Waals surface area contributed by atoms with Crippen LogP contribution in [0.1, 0.15) is 37.8 Å². The lowest BCUT2D eigenvalue weighted by atomic mass is 9.97. The number of rotatable bonds is 6. The molecule has 1 aromatic carbocycles. The van der Waals surface area contributed by atoms with Crippen molar-refractivity contribution in [2.24, 2.45) is 5.73 Å². The summed E-state index contributed by atoms with van der Waals surface area (Å²) in [5, 5.41) is 0. The molecule has 2 unspecified atom stereocenters. The molecule has 1 heterocycles. The van der Waals surface area contributed by atoms with Crippen LogP contribution in [0, 0.1) is 0 Å². The van der Waals surface area contributed by atoms with E-state index in [1.807, 2.05) is 0 Å². The molecular formula is C17H26N2O2. The molecule has 4 heteroatoms. The van der Waals surface area contributed by atoms with E-state index in [0.29, 0.717) is 6.54 Å². The first kappa shape index (κ1) is 14.8. The summed E-state index contributed by atoms with van der Waals surface area (Å²) in [6.45, 7) is 5.27. The molecule has 1 aliphatic heterocycles. The predicted octanol–water partition coefficient (Wildman–Crippen LogP) is 2.34. The van der Waals surface area contributed by atoms with Crippen LogP contribution in [0.5, 0.6) is 5.75 Å². The molecule has 1 aliphatic carbocycles. The van der Waals surface area contributed by atoms with Crippen molar-refractivity contribution in [3.63, 3.8) is 0 Å². The van der Waals surface area contributed by atoms with E-state index < -0.39 is 0 Å². The summed E-state index contributed by atoms with van der Waals surface area (Å²) in [4.78, 5) is 2.59. The van der Waals surface area contributed by atoms with Crippen LogP contribution in [0.15, 0.2) is 24.3 Å². The molecule has 1 saturated heterocycles. The smallest absolute Gasteiger partial charge is 0.119 e. The fraction of sp³-hybridized carbons (Fsp3) is 0.647. The van der Waals surface area contributed by atoms with E-state index in [2.05, 4.69) is 36.1 Å². The average Bonchev–Trinajstić information content (AvgIpc) is 3.37. The number of morpholine rings is 1. The lowest BCUT2D eigenvalue weighted by molar-refractivity contribution is -0.0712. The second kappa shape index (κ2) is 6.77. The second-order valence-electron chi connectivity index (χ2n) is 5.98. The molecule has 1 saturated carbocycles. The van der Waals surface area contributed by atoms with Crippen molar-refractivity contribution in [3.8, 4) is 5.75 Å². The SMILES string of the molecule is CCCOc1ccc(C2C(CN)OCCN2C2CC2)cc1. The van der Waals surface area contributed by atoms with Crippen LogP contribution in [0.25, 0.3) is 0 Å². The molecule has 0 radical (unpaired) electrons. The Hall–Kier alpha value is -1.10. The van der Waals surface area contributed by atoms with Gasteiger partial charge in [-0.05, 0) is 37.0 Å². The second-order valence-corrected chi connectivity index (χ2v) is 5.98. The van der Waals surface area contributed by atoms with Crippen molar-refractivity contribution >= 4 is 0 Å². The minimum atomic E-state index is 0.0989. The molecule has 0 amide bonds. The molecule has 116 valence electrons. The van der Waals surface area contributed by atoms with Crippen LogP contribution < -0.4 is 10.5 Å². The zero-order chi connectivity index (χ0) is 14.7. The molecule has 21 heavy (non-hydrogen) atoms. The summed E-state index contributed by atoms with van der Waals surface area (Å²) >= 11 is 0. The number of ether oxygens (including phenoxy) is 2. The van der Waals surface area contributed by atoms with Gasteiger partial charge in [0, 0.05) is 19.1 Å². The Kier molecular flexibility index (Phi) is 4.78. The van der Waals surface area contributed by atoms with Gasteiger partial charge in [-0.1, -0.05) is 19.1 Å². The first-order chi connectivity index (χ1) is 10.3. The molecule has 0 aromatic heterocycles. The topological polar surface area (TPSA) is 47.7 Å². The minimum absolute atomic E-state index is 0.0989. The Balaban J connectivity index is 1.77. The lowest BCUT2D eigenvalue weighted by Crippen LogP contribution is -2.49. The highest BCUT2D eigenvalue weighted by Crippen LogP contribution is 2.38. The van der Waals surface area contributed by atoms with E-state index in [0.717, 1.165) is 38.0 Å². The molecule has 2 aliphatic rings. The molecular weight excluding hydrogens is 264 g/mol. The maximum atomic E-state index is 5.93.